The Kier molecular flexibility index (Phi) is 10.4. The molecule has 2 fully saturated rings. The molecule has 1 saturated heterocycles. The second-order valence-corrected chi connectivity index (χ2v) is 12.5. The van der Waals surface area contributed by atoms with Crippen molar-refractivity contribution >= 4 is 17.7 Å². The molecule has 222 valence electrons. The van der Waals surface area contributed by atoms with Crippen LogP contribution in [0.2, 0.25) is 0 Å². The van der Waals surface area contributed by atoms with Crippen LogP contribution in [0.15, 0.2) is 10.9 Å². The van der Waals surface area contributed by atoms with Crippen LogP contribution in [0.1, 0.15) is 106 Å². The van der Waals surface area contributed by atoms with Crippen molar-refractivity contribution in [2.24, 2.45) is 11.8 Å². The predicted octanol–water partition coefficient (Wildman–Crippen LogP) is 2.94. The number of nitrogens with zero attached hydrogens (tertiary/aromatic N) is 2. The topological polar surface area (TPSA) is 121 Å². The van der Waals surface area contributed by atoms with Gasteiger partial charge in [-0.3, -0.25) is 19.2 Å². The van der Waals surface area contributed by atoms with Crippen LogP contribution in [-0.2, 0) is 29.0 Å². The summed E-state index contributed by atoms with van der Waals surface area (Å²) < 4.78 is 1.91. The SMILES string of the molecule is CC(C)(NC(=O)c1cc2c(n(CC3CCCCC3)c1=O)CCCCCC2)C(=O)N1CCC(C(=O)NCCO)CC1. The zero-order chi connectivity index (χ0) is 28.7. The number of aliphatic hydroxyl groups excluding tert-OH is 1. The second kappa shape index (κ2) is 13.8. The summed E-state index contributed by atoms with van der Waals surface area (Å²) in [5, 5.41) is 14.5. The minimum atomic E-state index is -1.20. The lowest BCUT2D eigenvalue weighted by atomic mass is 9.88. The van der Waals surface area contributed by atoms with E-state index in [0.29, 0.717) is 38.4 Å². The van der Waals surface area contributed by atoms with Crippen molar-refractivity contribution in [3.8, 4) is 0 Å². The summed E-state index contributed by atoms with van der Waals surface area (Å²) >= 11 is 0. The highest BCUT2D eigenvalue weighted by Gasteiger charge is 2.37. The number of carbonyl (C=O) groups excluding carboxylic acids is 3. The molecule has 2 heterocycles. The first-order valence-corrected chi connectivity index (χ1v) is 15.5. The van der Waals surface area contributed by atoms with Gasteiger partial charge in [-0.2, -0.15) is 0 Å². The van der Waals surface area contributed by atoms with Crippen LogP contribution in [0.3, 0.4) is 0 Å². The van der Waals surface area contributed by atoms with Gasteiger partial charge in [0.15, 0.2) is 0 Å². The zero-order valence-electron chi connectivity index (χ0n) is 24.4. The van der Waals surface area contributed by atoms with Gasteiger partial charge in [-0.15, -0.1) is 0 Å². The zero-order valence-corrected chi connectivity index (χ0v) is 24.4. The van der Waals surface area contributed by atoms with Crippen molar-refractivity contribution in [3.63, 3.8) is 0 Å². The molecule has 1 aromatic heterocycles. The Morgan fingerprint density at radius 2 is 1.60 bits per heavy atom. The average Bonchev–Trinajstić information content (AvgIpc) is 2.93. The van der Waals surface area contributed by atoms with Crippen molar-refractivity contribution < 1.29 is 19.5 Å². The van der Waals surface area contributed by atoms with Gasteiger partial charge in [0.1, 0.15) is 11.1 Å². The van der Waals surface area contributed by atoms with E-state index in [9.17, 15) is 19.2 Å². The molecule has 4 rings (SSSR count). The molecule has 3 N–H and O–H groups in total. The molecule has 1 aliphatic heterocycles. The number of hydrogen-bond donors (Lipinski definition) is 3. The third-order valence-electron chi connectivity index (χ3n) is 9.04. The average molecular weight is 557 g/mol. The third-order valence-corrected chi connectivity index (χ3v) is 9.04. The molecule has 0 atom stereocenters. The fourth-order valence-corrected chi connectivity index (χ4v) is 6.69. The number of aromatic nitrogens is 1. The van der Waals surface area contributed by atoms with E-state index >= 15 is 0 Å². The minimum absolute atomic E-state index is 0.0999. The van der Waals surface area contributed by atoms with Crippen molar-refractivity contribution in [1.29, 1.82) is 0 Å². The molecule has 0 bridgehead atoms. The molecule has 0 spiro atoms. The Morgan fingerprint density at radius 1 is 0.950 bits per heavy atom. The number of aliphatic hydroxyl groups is 1. The number of fused-ring (bicyclic) bond motifs is 1. The van der Waals surface area contributed by atoms with Crippen LogP contribution >= 0.6 is 0 Å². The highest BCUT2D eigenvalue weighted by molar-refractivity contribution is 5.99. The summed E-state index contributed by atoms with van der Waals surface area (Å²) in [6.45, 7) is 4.99. The van der Waals surface area contributed by atoms with Gasteiger partial charge in [-0.1, -0.05) is 32.1 Å². The van der Waals surface area contributed by atoms with Crippen LogP contribution < -0.4 is 16.2 Å². The van der Waals surface area contributed by atoms with Crippen LogP contribution in [-0.4, -0.2) is 64.1 Å². The van der Waals surface area contributed by atoms with Crippen LogP contribution in [0.4, 0.5) is 0 Å². The van der Waals surface area contributed by atoms with E-state index in [1.54, 1.807) is 24.8 Å². The Morgan fingerprint density at radius 3 is 2.27 bits per heavy atom. The number of nitrogens with one attached hydrogen (secondary N) is 2. The number of amides is 3. The smallest absolute Gasteiger partial charge is 0.263 e. The van der Waals surface area contributed by atoms with Gasteiger partial charge in [-0.05, 0) is 82.8 Å². The molecule has 0 aromatic carbocycles. The molecular formula is C31H48N4O5. The Bertz CT molecular complexity index is 1110. The van der Waals surface area contributed by atoms with E-state index in [-0.39, 0.29) is 42.0 Å². The molecule has 40 heavy (non-hydrogen) atoms. The van der Waals surface area contributed by atoms with Crippen LogP contribution in [0.5, 0.6) is 0 Å². The molecule has 0 radical (unpaired) electrons. The first-order chi connectivity index (χ1) is 19.2. The molecule has 1 saturated carbocycles. The normalized spacial score (nSPS) is 19.3. The van der Waals surface area contributed by atoms with Crippen molar-refractivity contribution in [2.45, 2.75) is 109 Å². The third kappa shape index (κ3) is 7.33. The van der Waals surface area contributed by atoms with E-state index in [1.807, 2.05) is 4.57 Å². The summed E-state index contributed by atoms with van der Waals surface area (Å²) in [6, 6.07) is 1.80. The fraction of sp³-hybridized carbons (Fsp3) is 0.742. The number of aryl methyl sites for hydroxylation is 1. The molecule has 3 amide bonds. The first kappa shape index (κ1) is 30.3. The summed E-state index contributed by atoms with van der Waals surface area (Å²) in [5.74, 6) is -0.546. The highest BCUT2D eigenvalue weighted by Crippen LogP contribution is 2.27. The largest absolute Gasteiger partial charge is 0.395 e. The van der Waals surface area contributed by atoms with Gasteiger partial charge in [0.2, 0.25) is 11.8 Å². The van der Waals surface area contributed by atoms with Crippen molar-refractivity contribution in [1.82, 2.24) is 20.1 Å². The number of likely N-dealkylation sites (tertiary alicyclic amines) is 1. The van der Waals surface area contributed by atoms with Crippen molar-refractivity contribution in [3.05, 3.63) is 33.2 Å². The lowest BCUT2D eigenvalue weighted by Crippen LogP contribution is -2.58. The van der Waals surface area contributed by atoms with E-state index in [0.717, 1.165) is 56.2 Å². The molecule has 3 aliphatic rings. The van der Waals surface area contributed by atoms with Gasteiger partial charge in [0, 0.05) is 37.8 Å². The molecule has 9 nitrogen and oxygen atoms in total. The number of carbonyl (C=O) groups is 3. The maximum atomic E-state index is 13.8. The van der Waals surface area contributed by atoms with E-state index in [2.05, 4.69) is 10.6 Å². The number of hydrogen-bond acceptors (Lipinski definition) is 5. The molecule has 1 aromatic rings. The molecule has 2 aliphatic carbocycles. The van der Waals surface area contributed by atoms with E-state index in [1.165, 1.54) is 25.7 Å². The minimum Gasteiger partial charge on any atom is -0.395 e. The standard InChI is InChI=1S/C31H48N4O5/c1-31(2,30(40)34-17-14-23(15-18-34)27(37)32-16-19-36)33-28(38)25-20-24-12-8-3-4-9-13-26(24)35(29(25)39)21-22-10-6-5-7-11-22/h20,22-23,36H,3-19,21H2,1-2H3,(H,32,37)(H,33,38). The maximum Gasteiger partial charge on any atom is 0.263 e. The number of rotatable bonds is 8. The van der Waals surface area contributed by atoms with Crippen molar-refractivity contribution in [2.75, 3.05) is 26.2 Å². The highest BCUT2D eigenvalue weighted by atomic mass is 16.3. The molecular weight excluding hydrogens is 508 g/mol. The van der Waals surface area contributed by atoms with Gasteiger partial charge < -0.3 is 25.2 Å². The molecule has 0 unspecified atom stereocenters. The monoisotopic (exact) mass is 556 g/mol. The first-order valence-electron chi connectivity index (χ1n) is 15.5. The maximum absolute atomic E-state index is 13.8. The van der Waals surface area contributed by atoms with Gasteiger partial charge in [0.05, 0.1) is 6.61 Å². The lowest BCUT2D eigenvalue weighted by Gasteiger charge is -2.37. The van der Waals surface area contributed by atoms with Crippen LogP contribution in [0.25, 0.3) is 0 Å². The Hall–Kier alpha value is -2.68. The summed E-state index contributed by atoms with van der Waals surface area (Å²) in [5.41, 5.74) is 0.906. The summed E-state index contributed by atoms with van der Waals surface area (Å²) in [4.78, 5) is 54.9. The Labute approximate surface area is 238 Å². The second-order valence-electron chi connectivity index (χ2n) is 12.5. The van der Waals surface area contributed by atoms with Gasteiger partial charge >= 0.3 is 0 Å². The summed E-state index contributed by atoms with van der Waals surface area (Å²) in [6.07, 6.45) is 13.1. The quantitative estimate of drug-likeness (QED) is 0.455. The van der Waals surface area contributed by atoms with E-state index in [4.69, 9.17) is 5.11 Å². The van der Waals surface area contributed by atoms with Crippen LogP contribution in [0, 0.1) is 11.8 Å². The Balaban J connectivity index is 1.50. The number of piperidine rings is 1. The summed E-state index contributed by atoms with van der Waals surface area (Å²) in [7, 11) is 0. The van der Waals surface area contributed by atoms with E-state index < -0.39 is 11.4 Å². The fourth-order valence-electron chi connectivity index (χ4n) is 6.69. The predicted molar refractivity (Wildman–Crippen MR) is 154 cm³/mol. The number of pyridine rings is 1. The lowest BCUT2D eigenvalue weighted by molar-refractivity contribution is -0.140. The van der Waals surface area contributed by atoms with Gasteiger partial charge in [0.25, 0.3) is 11.5 Å². The van der Waals surface area contributed by atoms with Gasteiger partial charge in [-0.25, -0.2) is 0 Å². The molecule has 9 heteroatoms.